The first kappa shape index (κ1) is 12.6. The third kappa shape index (κ3) is 3.30. The minimum atomic E-state index is -0.134. The van der Waals surface area contributed by atoms with Crippen LogP contribution < -0.4 is 5.32 Å². The summed E-state index contributed by atoms with van der Waals surface area (Å²) in [6, 6.07) is 0. The number of nitrogens with one attached hydrogen (secondary N) is 1. The molecule has 4 nitrogen and oxygen atoms in total. The third-order valence-electron chi connectivity index (χ3n) is 3.34. The van der Waals surface area contributed by atoms with Crippen LogP contribution >= 0.6 is 11.6 Å². The monoisotopic (exact) mass is 255 g/mol. The highest BCUT2D eigenvalue weighted by molar-refractivity contribution is 6.30. The fraction of sp³-hybridized carbons (Fsp3) is 0.667. The average molecular weight is 256 g/mol. The van der Waals surface area contributed by atoms with Gasteiger partial charge in [0.05, 0.1) is 6.10 Å². The van der Waals surface area contributed by atoms with Crippen molar-refractivity contribution in [3.05, 3.63) is 17.0 Å². The summed E-state index contributed by atoms with van der Waals surface area (Å²) in [5.41, 5.74) is 0.880. The predicted octanol–water partition coefficient (Wildman–Crippen LogP) is 2.40. The lowest BCUT2D eigenvalue weighted by atomic mass is 9.87. The number of rotatable bonds is 3. The number of anilines is 1. The van der Waals surface area contributed by atoms with E-state index in [2.05, 4.69) is 15.3 Å². The Labute approximate surface area is 106 Å². The predicted molar refractivity (Wildman–Crippen MR) is 68.2 cm³/mol. The summed E-state index contributed by atoms with van der Waals surface area (Å²) >= 11 is 5.93. The van der Waals surface area contributed by atoms with Gasteiger partial charge in [0.2, 0.25) is 0 Å². The molecule has 2 unspecified atom stereocenters. The second-order valence-electron chi connectivity index (χ2n) is 4.71. The fourth-order valence-corrected chi connectivity index (χ4v) is 2.43. The lowest BCUT2D eigenvalue weighted by Crippen LogP contribution is -2.25. The minimum Gasteiger partial charge on any atom is -0.393 e. The van der Waals surface area contributed by atoms with Crippen molar-refractivity contribution in [3.8, 4) is 0 Å². The number of nitrogens with zero attached hydrogens (tertiary/aromatic N) is 2. The lowest BCUT2D eigenvalue weighted by Gasteiger charge is -2.26. The molecule has 1 fully saturated rings. The molecule has 0 aliphatic heterocycles. The Kier molecular flexibility index (Phi) is 4.18. The fourth-order valence-electron chi connectivity index (χ4n) is 2.30. The van der Waals surface area contributed by atoms with E-state index >= 15 is 0 Å². The molecule has 94 valence electrons. The third-order valence-corrected chi connectivity index (χ3v) is 3.72. The Hall–Kier alpha value is -0.870. The molecule has 0 spiro atoms. The van der Waals surface area contributed by atoms with E-state index in [0.717, 1.165) is 37.2 Å². The van der Waals surface area contributed by atoms with Crippen LogP contribution in [-0.2, 0) is 0 Å². The maximum atomic E-state index is 9.60. The molecule has 2 rings (SSSR count). The van der Waals surface area contributed by atoms with E-state index in [-0.39, 0.29) is 6.10 Å². The molecule has 17 heavy (non-hydrogen) atoms. The van der Waals surface area contributed by atoms with Gasteiger partial charge in [0.15, 0.2) is 0 Å². The highest BCUT2D eigenvalue weighted by Crippen LogP contribution is 2.25. The molecule has 0 bridgehead atoms. The highest BCUT2D eigenvalue weighted by Gasteiger charge is 2.20. The number of aromatic nitrogens is 2. The Morgan fingerprint density at radius 2 is 2.29 bits per heavy atom. The van der Waals surface area contributed by atoms with Crippen LogP contribution in [0.25, 0.3) is 0 Å². The lowest BCUT2D eigenvalue weighted by molar-refractivity contribution is 0.104. The molecule has 0 aromatic carbocycles. The Bertz CT molecular complexity index is 386. The van der Waals surface area contributed by atoms with Gasteiger partial charge < -0.3 is 10.4 Å². The van der Waals surface area contributed by atoms with Crippen molar-refractivity contribution in [2.75, 3.05) is 11.9 Å². The number of aliphatic hydroxyl groups excluding tert-OH is 1. The van der Waals surface area contributed by atoms with Crippen LogP contribution in [0.4, 0.5) is 5.82 Å². The Morgan fingerprint density at radius 1 is 1.47 bits per heavy atom. The van der Waals surface area contributed by atoms with Gasteiger partial charge in [-0.15, -0.1) is 0 Å². The SMILES string of the molecule is Cc1c(Cl)ncnc1NCC1CCCC(O)C1. The molecule has 1 aromatic heterocycles. The van der Waals surface area contributed by atoms with Crippen LogP contribution in [0.5, 0.6) is 0 Å². The van der Waals surface area contributed by atoms with Crippen LogP contribution in [0.15, 0.2) is 6.33 Å². The van der Waals surface area contributed by atoms with Crippen LogP contribution in [0.2, 0.25) is 5.15 Å². The summed E-state index contributed by atoms with van der Waals surface area (Å²) in [6.45, 7) is 2.74. The largest absolute Gasteiger partial charge is 0.393 e. The van der Waals surface area contributed by atoms with E-state index in [4.69, 9.17) is 11.6 Å². The quantitative estimate of drug-likeness (QED) is 0.815. The minimum absolute atomic E-state index is 0.134. The van der Waals surface area contributed by atoms with Gasteiger partial charge in [-0.05, 0) is 32.1 Å². The first-order chi connectivity index (χ1) is 8.16. The molecule has 0 radical (unpaired) electrons. The van der Waals surface area contributed by atoms with Crippen LogP contribution in [0.1, 0.15) is 31.2 Å². The van der Waals surface area contributed by atoms with Gasteiger partial charge in [-0.3, -0.25) is 0 Å². The van der Waals surface area contributed by atoms with Gasteiger partial charge in [0.1, 0.15) is 17.3 Å². The molecule has 2 atom stereocenters. The van der Waals surface area contributed by atoms with Crippen molar-refractivity contribution in [1.29, 1.82) is 0 Å². The van der Waals surface area contributed by atoms with Gasteiger partial charge in [0, 0.05) is 12.1 Å². The summed E-state index contributed by atoms with van der Waals surface area (Å²) in [7, 11) is 0. The van der Waals surface area contributed by atoms with Crippen LogP contribution in [0, 0.1) is 12.8 Å². The standard InChI is InChI=1S/C12H18ClN3O/c1-8-11(13)15-7-16-12(8)14-6-9-3-2-4-10(17)5-9/h7,9-10,17H,2-6H2,1H3,(H,14,15,16). The smallest absolute Gasteiger partial charge is 0.137 e. The van der Waals surface area contributed by atoms with Gasteiger partial charge in [-0.2, -0.15) is 0 Å². The molecule has 0 saturated heterocycles. The second-order valence-corrected chi connectivity index (χ2v) is 5.06. The summed E-state index contributed by atoms with van der Waals surface area (Å²) in [5, 5.41) is 13.4. The van der Waals surface area contributed by atoms with Gasteiger partial charge in [-0.1, -0.05) is 18.0 Å². The van der Waals surface area contributed by atoms with Gasteiger partial charge in [0.25, 0.3) is 0 Å². The molecule has 2 N–H and O–H groups in total. The Morgan fingerprint density at radius 3 is 3.06 bits per heavy atom. The maximum Gasteiger partial charge on any atom is 0.137 e. The average Bonchev–Trinajstić information content (AvgIpc) is 2.31. The molecule has 1 aliphatic carbocycles. The molecular weight excluding hydrogens is 238 g/mol. The van der Waals surface area contributed by atoms with Crippen molar-refractivity contribution in [3.63, 3.8) is 0 Å². The molecule has 5 heteroatoms. The van der Waals surface area contributed by atoms with Crippen molar-refractivity contribution in [2.45, 2.75) is 38.7 Å². The van der Waals surface area contributed by atoms with Crippen molar-refractivity contribution >= 4 is 17.4 Å². The van der Waals surface area contributed by atoms with E-state index in [0.29, 0.717) is 11.1 Å². The van der Waals surface area contributed by atoms with E-state index in [1.54, 1.807) is 0 Å². The molecule has 1 aromatic rings. The summed E-state index contributed by atoms with van der Waals surface area (Å²) in [4.78, 5) is 8.09. The first-order valence-electron chi connectivity index (χ1n) is 6.06. The molecule has 1 heterocycles. The van der Waals surface area contributed by atoms with Crippen molar-refractivity contribution in [1.82, 2.24) is 9.97 Å². The zero-order valence-corrected chi connectivity index (χ0v) is 10.7. The maximum absolute atomic E-state index is 9.60. The first-order valence-corrected chi connectivity index (χ1v) is 6.43. The van der Waals surface area contributed by atoms with E-state index < -0.39 is 0 Å². The highest BCUT2D eigenvalue weighted by atomic mass is 35.5. The topological polar surface area (TPSA) is 58.0 Å². The number of halogens is 1. The number of hydrogen-bond donors (Lipinski definition) is 2. The van der Waals surface area contributed by atoms with Gasteiger partial charge in [-0.25, -0.2) is 9.97 Å². The summed E-state index contributed by atoms with van der Waals surface area (Å²) < 4.78 is 0. The summed E-state index contributed by atoms with van der Waals surface area (Å²) in [5.74, 6) is 1.32. The Balaban J connectivity index is 1.91. The van der Waals surface area contributed by atoms with E-state index in [1.165, 1.54) is 12.7 Å². The summed E-state index contributed by atoms with van der Waals surface area (Å²) in [6.07, 6.45) is 5.43. The van der Waals surface area contributed by atoms with Crippen molar-refractivity contribution < 1.29 is 5.11 Å². The number of hydrogen-bond acceptors (Lipinski definition) is 4. The number of aliphatic hydroxyl groups is 1. The molecule has 1 saturated carbocycles. The molecule has 1 aliphatic rings. The second kappa shape index (κ2) is 5.65. The zero-order valence-electron chi connectivity index (χ0n) is 9.99. The molecule has 0 amide bonds. The normalized spacial score (nSPS) is 24.6. The van der Waals surface area contributed by atoms with Gasteiger partial charge >= 0.3 is 0 Å². The van der Waals surface area contributed by atoms with E-state index in [1.807, 2.05) is 6.92 Å². The van der Waals surface area contributed by atoms with Crippen LogP contribution in [-0.4, -0.2) is 27.7 Å². The van der Waals surface area contributed by atoms with E-state index in [9.17, 15) is 5.11 Å². The van der Waals surface area contributed by atoms with Crippen molar-refractivity contribution in [2.24, 2.45) is 5.92 Å². The zero-order chi connectivity index (χ0) is 12.3. The molecular formula is C12H18ClN3O. The van der Waals surface area contributed by atoms with Crippen LogP contribution in [0.3, 0.4) is 0 Å².